The van der Waals surface area contributed by atoms with Crippen LogP contribution < -0.4 is 0 Å². The molecular formula is C10H5BrCl2FN. The van der Waals surface area contributed by atoms with E-state index in [1.165, 1.54) is 0 Å². The minimum atomic E-state index is -0.438. The Morgan fingerprint density at radius 3 is 2.60 bits per heavy atom. The van der Waals surface area contributed by atoms with Crippen LogP contribution in [0.4, 0.5) is 4.39 Å². The van der Waals surface area contributed by atoms with Gasteiger partial charge in [-0.25, -0.2) is 4.39 Å². The number of fused-ring (bicyclic) bond motifs is 1. The van der Waals surface area contributed by atoms with Crippen molar-refractivity contribution in [3.63, 3.8) is 0 Å². The lowest BCUT2D eigenvalue weighted by Crippen LogP contribution is -1.91. The molecular weight excluding hydrogens is 304 g/mol. The summed E-state index contributed by atoms with van der Waals surface area (Å²) in [6, 6.07) is 3.28. The van der Waals surface area contributed by atoms with Gasteiger partial charge in [0.15, 0.2) is 0 Å². The van der Waals surface area contributed by atoms with E-state index in [0.29, 0.717) is 20.7 Å². The van der Waals surface area contributed by atoms with Crippen LogP contribution in [0.5, 0.6) is 0 Å². The maximum Gasteiger partial charge on any atom is 0.148 e. The summed E-state index contributed by atoms with van der Waals surface area (Å²) in [4.78, 5) is 4.16. The number of rotatable bonds is 0. The molecule has 0 fully saturated rings. The zero-order valence-corrected chi connectivity index (χ0v) is 10.7. The van der Waals surface area contributed by atoms with Crippen molar-refractivity contribution in [3.8, 4) is 0 Å². The number of hydrogen-bond donors (Lipinski definition) is 0. The van der Waals surface area contributed by atoms with Crippen molar-refractivity contribution in [2.75, 3.05) is 0 Å². The highest BCUT2D eigenvalue weighted by atomic mass is 79.9. The highest BCUT2D eigenvalue weighted by Crippen LogP contribution is 2.35. The van der Waals surface area contributed by atoms with Crippen molar-refractivity contribution in [1.82, 2.24) is 4.98 Å². The van der Waals surface area contributed by atoms with Gasteiger partial charge in [-0.05, 0) is 35.0 Å². The van der Waals surface area contributed by atoms with Gasteiger partial charge in [-0.15, -0.1) is 0 Å². The van der Waals surface area contributed by atoms with Gasteiger partial charge in [-0.1, -0.05) is 23.2 Å². The number of benzene rings is 1. The van der Waals surface area contributed by atoms with Crippen LogP contribution in [0.25, 0.3) is 10.9 Å². The van der Waals surface area contributed by atoms with Crippen molar-refractivity contribution < 1.29 is 4.39 Å². The van der Waals surface area contributed by atoms with Crippen LogP contribution in [0.15, 0.2) is 16.6 Å². The average Bonchev–Trinajstić information content (AvgIpc) is 2.20. The molecule has 0 aliphatic heterocycles. The number of aromatic nitrogens is 1. The number of aryl methyl sites for hydroxylation is 1. The second kappa shape index (κ2) is 3.89. The molecule has 5 heteroatoms. The van der Waals surface area contributed by atoms with Gasteiger partial charge in [-0.3, -0.25) is 4.98 Å². The Bertz CT molecular complexity index is 557. The third-order valence-corrected chi connectivity index (χ3v) is 3.64. The van der Waals surface area contributed by atoms with Crippen LogP contribution >= 0.6 is 39.1 Å². The molecule has 1 aromatic heterocycles. The summed E-state index contributed by atoms with van der Waals surface area (Å²) >= 11 is 15.0. The van der Waals surface area contributed by atoms with E-state index in [9.17, 15) is 4.39 Å². The molecule has 0 spiro atoms. The van der Waals surface area contributed by atoms with Crippen molar-refractivity contribution in [3.05, 3.63) is 38.2 Å². The fraction of sp³-hybridized carbons (Fsp3) is 0.100. The molecule has 2 rings (SSSR count). The molecule has 0 saturated heterocycles. The molecule has 0 amide bonds. The quantitative estimate of drug-likeness (QED) is 0.684. The van der Waals surface area contributed by atoms with Crippen LogP contribution in [0.2, 0.25) is 10.0 Å². The molecule has 0 N–H and O–H groups in total. The minimum absolute atomic E-state index is 0.206. The van der Waals surface area contributed by atoms with Gasteiger partial charge in [0.05, 0.1) is 31.1 Å². The highest BCUT2D eigenvalue weighted by molar-refractivity contribution is 9.10. The molecule has 2 aromatic rings. The number of hydrogen-bond acceptors (Lipinski definition) is 1. The average molecular weight is 309 g/mol. The molecule has 0 saturated carbocycles. The second-order valence-electron chi connectivity index (χ2n) is 3.08. The van der Waals surface area contributed by atoms with Crippen LogP contribution in [0, 0.1) is 12.7 Å². The zero-order chi connectivity index (χ0) is 11.2. The molecule has 1 heterocycles. The largest absolute Gasteiger partial charge is 0.251 e. The van der Waals surface area contributed by atoms with E-state index in [4.69, 9.17) is 23.2 Å². The van der Waals surface area contributed by atoms with E-state index >= 15 is 0 Å². The smallest absolute Gasteiger partial charge is 0.148 e. The molecule has 0 aliphatic carbocycles. The zero-order valence-electron chi connectivity index (χ0n) is 7.61. The first-order valence-electron chi connectivity index (χ1n) is 4.11. The summed E-state index contributed by atoms with van der Waals surface area (Å²) < 4.78 is 14.1. The first-order chi connectivity index (χ1) is 7.02. The lowest BCUT2D eigenvalue weighted by Gasteiger charge is -2.07. The Labute approximate surface area is 104 Å². The molecule has 0 bridgehead atoms. The molecule has 0 unspecified atom stereocenters. The summed E-state index contributed by atoms with van der Waals surface area (Å²) in [7, 11) is 0. The third-order valence-electron chi connectivity index (χ3n) is 2.09. The fourth-order valence-corrected chi connectivity index (χ4v) is 2.12. The Balaban J connectivity index is 3.00. The van der Waals surface area contributed by atoms with Gasteiger partial charge in [0.2, 0.25) is 0 Å². The predicted octanol–water partition coefficient (Wildman–Crippen LogP) is 4.75. The van der Waals surface area contributed by atoms with Crippen molar-refractivity contribution >= 4 is 50.0 Å². The third kappa shape index (κ3) is 1.73. The molecule has 15 heavy (non-hydrogen) atoms. The van der Waals surface area contributed by atoms with Gasteiger partial charge in [0.25, 0.3) is 0 Å². The van der Waals surface area contributed by atoms with Crippen molar-refractivity contribution in [2.24, 2.45) is 0 Å². The molecule has 1 aromatic carbocycles. The maximum atomic E-state index is 13.7. The Morgan fingerprint density at radius 2 is 1.93 bits per heavy atom. The SMILES string of the molecule is Cc1nc2ccc(Br)c(F)c2c(Cl)c1Cl. The molecule has 0 atom stereocenters. The molecule has 78 valence electrons. The normalized spacial score (nSPS) is 11.0. The standard InChI is InChI=1S/C10H5BrCl2FN/c1-4-8(12)9(13)7-6(15-4)3-2-5(11)10(7)14/h2-3H,1H3. The minimum Gasteiger partial charge on any atom is -0.251 e. The summed E-state index contributed by atoms with van der Waals surface area (Å²) in [6.07, 6.45) is 0. The van der Waals surface area contributed by atoms with Gasteiger partial charge in [0.1, 0.15) is 5.82 Å². The molecule has 0 radical (unpaired) electrons. The maximum absolute atomic E-state index is 13.7. The Kier molecular flexibility index (Phi) is 2.88. The fourth-order valence-electron chi connectivity index (χ4n) is 1.34. The number of nitrogens with zero attached hydrogens (tertiary/aromatic N) is 1. The van der Waals surface area contributed by atoms with E-state index in [2.05, 4.69) is 20.9 Å². The summed E-state index contributed by atoms with van der Waals surface area (Å²) in [6.45, 7) is 1.73. The topological polar surface area (TPSA) is 12.9 Å². The van der Waals surface area contributed by atoms with Crippen LogP contribution in [-0.4, -0.2) is 4.98 Å². The van der Waals surface area contributed by atoms with E-state index < -0.39 is 5.82 Å². The van der Waals surface area contributed by atoms with Gasteiger partial charge in [-0.2, -0.15) is 0 Å². The highest BCUT2D eigenvalue weighted by Gasteiger charge is 2.14. The van der Waals surface area contributed by atoms with E-state index in [1.807, 2.05) is 0 Å². The number of halogens is 4. The summed E-state index contributed by atoms with van der Waals surface area (Å²) in [5.41, 5.74) is 1.10. The van der Waals surface area contributed by atoms with E-state index in [0.717, 1.165) is 0 Å². The van der Waals surface area contributed by atoms with Crippen LogP contribution in [0.1, 0.15) is 5.69 Å². The van der Waals surface area contributed by atoms with Crippen molar-refractivity contribution in [1.29, 1.82) is 0 Å². The van der Waals surface area contributed by atoms with Crippen LogP contribution in [0.3, 0.4) is 0 Å². The van der Waals surface area contributed by atoms with Gasteiger partial charge < -0.3 is 0 Å². The van der Waals surface area contributed by atoms with Crippen LogP contribution in [-0.2, 0) is 0 Å². The van der Waals surface area contributed by atoms with Gasteiger partial charge in [0, 0.05) is 0 Å². The predicted molar refractivity (Wildman–Crippen MR) is 64.2 cm³/mol. The Morgan fingerprint density at radius 1 is 1.27 bits per heavy atom. The lowest BCUT2D eigenvalue weighted by atomic mass is 10.2. The first kappa shape index (κ1) is 11.1. The van der Waals surface area contributed by atoms with E-state index in [1.54, 1.807) is 19.1 Å². The second-order valence-corrected chi connectivity index (χ2v) is 4.69. The number of pyridine rings is 1. The monoisotopic (exact) mass is 307 g/mol. The first-order valence-corrected chi connectivity index (χ1v) is 5.66. The molecule has 0 aliphatic rings. The summed E-state index contributed by atoms with van der Waals surface area (Å²) in [5.74, 6) is -0.438. The Hall–Kier alpha value is -0.380. The summed E-state index contributed by atoms with van der Waals surface area (Å²) in [5, 5.41) is 0.751. The van der Waals surface area contributed by atoms with Gasteiger partial charge >= 0.3 is 0 Å². The van der Waals surface area contributed by atoms with E-state index in [-0.39, 0.29) is 10.4 Å². The lowest BCUT2D eigenvalue weighted by molar-refractivity contribution is 0.633. The van der Waals surface area contributed by atoms with Crippen molar-refractivity contribution in [2.45, 2.75) is 6.92 Å². The molecule has 1 nitrogen and oxygen atoms in total.